The summed E-state index contributed by atoms with van der Waals surface area (Å²) in [6, 6.07) is 7.28. The van der Waals surface area contributed by atoms with Crippen molar-refractivity contribution in [3.8, 4) is 17.1 Å². The molecule has 1 heterocycles. The van der Waals surface area contributed by atoms with E-state index in [9.17, 15) is 9.59 Å². The van der Waals surface area contributed by atoms with Crippen LogP contribution in [0.4, 0.5) is 0 Å². The lowest BCUT2D eigenvalue weighted by molar-refractivity contribution is -0.154. The van der Waals surface area contributed by atoms with Crippen LogP contribution in [0.2, 0.25) is 0 Å². The number of carbonyl (C=O) groups excluding carboxylic acids is 2. The topological polar surface area (TPSA) is 138 Å². The summed E-state index contributed by atoms with van der Waals surface area (Å²) in [6.07, 6.45) is 4.19. The minimum absolute atomic E-state index is 0. The Kier molecular flexibility index (Phi) is 7.88. The van der Waals surface area contributed by atoms with E-state index >= 15 is 0 Å². The second kappa shape index (κ2) is 10.2. The number of Topliss-reactive ketones (excluding diaryl/α,β-unsaturated/α-hetero) is 1. The number of ether oxygens (including phenoxy) is 2. The molecule has 0 saturated heterocycles. The van der Waals surface area contributed by atoms with Crippen LogP contribution in [-0.4, -0.2) is 35.3 Å². The molecule has 0 spiro atoms. The first-order valence-corrected chi connectivity index (χ1v) is 9.92. The molecule has 2 atom stereocenters. The first kappa shape index (κ1) is 23.3. The van der Waals surface area contributed by atoms with Gasteiger partial charge < -0.3 is 20.1 Å². The smallest absolute Gasteiger partial charge is 0.309 e. The van der Waals surface area contributed by atoms with E-state index < -0.39 is 0 Å². The molecule has 1 aromatic carbocycles. The molecule has 1 saturated carbocycles. The zero-order valence-electron chi connectivity index (χ0n) is 17.6. The Labute approximate surface area is 176 Å². The highest BCUT2D eigenvalue weighted by atomic mass is 16.5. The van der Waals surface area contributed by atoms with Crippen LogP contribution in [-0.2, 0) is 9.53 Å². The first-order chi connectivity index (χ1) is 13.9. The Bertz CT molecular complexity index is 889. The van der Waals surface area contributed by atoms with Crippen molar-refractivity contribution in [3.05, 3.63) is 41.7 Å². The summed E-state index contributed by atoms with van der Waals surface area (Å²) in [5.74, 6) is 0.494. The van der Waals surface area contributed by atoms with Crippen LogP contribution in [0.3, 0.4) is 0 Å². The Morgan fingerprint density at radius 3 is 2.57 bits per heavy atom. The third-order valence-corrected chi connectivity index (χ3v) is 4.99. The van der Waals surface area contributed by atoms with Gasteiger partial charge in [-0.25, -0.2) is 0 Å². The zero-order chi connectivity index (χ0) is 21.0. The zero-order valence-corrected chi connectivity index (χ0v) is 17.6. The Morgan fingerprint density at radius 2 is 1.93 bits per heavy atom. The van der Waals surface area contributed by atoms with Crippen LogP contribution in [0.25, 0.3) is 17.5 Å². The van der Waals surface area contributed by atoms with Crippen molar-refractivity contribution in [2.75, 3.05) is 0 Å². The van der Waals surface area contributed by atoms with Crippen molar-refractivity contribution >= 4 is 18.0 Å². The molecule has 0 unspecified atom stereocenters. The minimum Gasteiger partial charge on any atom is -0.693 e. The Balaban J connectivity index is 0.00000320. The van der Waals surface area contributed by atoms with E-state index in [4.69, 9.17) is 19.4 Å². The van der Waals surface area contributed by atoms with Gasteiger partial charge in [0, 0.05) is 5.56 Å². The van der Waals surface area contributed by atoms with Gasteiger partial charge in [-0.05, 0) is 70.7 Å². The van der Waals surface area contributed by atoms with Crippen molar-refractivity contribution < 1.29 is 29.0 Å². The summed E-state index contributed by atoms with van der Waals surface area (Å²) in [7, 11) is 0. The van der Waals surface area contributed by atoms with Crippen LogP contribution in [0.15, 0.2) is 28.8 Å². The number of aromatic nitrogens is 1. The lowest BCUT2D eigenvalue weighted by Crippen LogP contribution is -2.34. The second-order valence-corrected chi connectivity index (χ2v) is 7.62. The third-order valence-electron chi connectivity index (χ3n) is 4.99. The number of esters is 1. The summed E-state index contributed by atoms with van der Waals surface area (Å²) < 4.78 is 16.8. The summed E-state index contributed by atoms with van der Waals surface area (Å²) in [5, 5.41) is 9.25. The first-order valence-electron chi connectivity index (χ1n) is 9.92. The fourth-order valence-corrected chi connectivity index (χ4v) is 3.61. The fraction of sp³-hybridized carbons (Fsp3) is 0.455. The maximum absolute atomic E-state index is 12.2. The second-order valence-electron chi connectivity index (χ2n) is 7.62. The molecule has 3 rings (SSSR count). The molecule has 30 heavy (non-hydrogen) atoms. The number of rotatable bonds is 7. The summed E-state index contributed by atoms with van der Waals surface area (Å²) in [4.78, 5) is 24.2. The van der Waals surface area contributed by atoms with Gasteiger partial charge in [0.05, 0.1) is 29.4 Å². The van der Waals surface area contributed by atoms with Gasteiger partial charge in [0.25, 0.3) is 5.78 Å². The van der Waals surface area contributed by atoms with Gasteiger partial charge in [-0.2, -0.15) is 0 Å². The standard InChI is InChI=1S/C22H26N2O5.H2N/c1-13(2)27-22(26)16-5-4-6-18(11-16)28-17-9-7-15(8-10-17)21-20(19(25)12-23)14(3)24-29-21;/h7-10,12-13,16,18,23H,4-6,11H2,1-3H3;1H2/q;-1/p+1/t16-,18-;/m0./s1. The number of ketones is 1. The molecule has 0 amide bonds. The maximum Gasteiger partial charge on any atom is 0.309 e. The van der Waals surface area contributed by atoms with Crippen molar-refractivity contribution in [3.63, 3.8) is 0 Å². The van der Waals surface area contributed by atoms with E-state index in [1.807, 2.05) is 38.1 Å². The van der Waals surface area contributed by atoms with E-state index in [-0.39, 0.29) is 36.0 Å². The number of hydrogen-bond donors (Lipinski definition) is 1. The van der Waals surface area contributed by atoms with Gasteiger partial charge in [0.2, 0.25) is 6.21 Å². The Hall–Kier alpha value is -3.00. The third kappa shape index (κ3) is 5.33. The van der Waals surface area contributed by atoms with Gasteiger partial charge in [-0.15, -0.1) is 0 Å². The van der Waals surface area contributed by atoms with Crippen LogP contribution in [0.1, 0.15) is 55.6 Å². The number of hydrogen-bond acceptors (Lipinski definition) is 6. The predicted octanol–water partition coefficient (Wildman–Crippen LogP) is 3.27. The number of carbonyl (C=O) groups is 2. The molecule has 1 aliphatic rings. The molecule has 0 radical (unpaired) electrons. The van der Waals surface area contributed by atoms with Crippen molar-refractivity contribution in [2.45, 2.75) is 58.7 Å². The monoisotopic (exact) mass is 415 g/mol. The number of benzene rings is 1. The SMILES string of the molecule is Cc1noc(-c2ccc(O[C@H]3CCC[C@H](C(=O)OC(C)C)C3)cc2)c1C(=O)C=[NH2+].[NH2-]. The number of nitrogens with zero attached hydrogens (tertiary/aromatic N) is 1. The minimum atomic E-state index is -0.333. The molecule has 4 N–H and O–H groups in total. The van der Waals surface area contributed by atoms with Crippen molar-refractivity contribution in [1.82, 2.24) is 5.16 Å². The van der Waals surface area contributed by atoms with Gasteiger partial charge in [0.1, 0.15) is 5.75 Å². The molecule has 1 aliphatic carbocycles. The average Bonchev–Trinajstić information content (AvgIpc) is 3.09. The van der Waals surface area contributed by atoms with E-state index in [1.165, 1.54) is 0 Å². The fourth-order valence-electron chi connectivity index (χ4n) is 3.61. The molecule has 162 valence electrons. The van der Waals surface area contributed by atoms with E-state index in [0.29, 0.717) is 34.8 Å². The highest BCUT2D eigenvalue weighted by molar-refractivity contribution is 6.35. The van der Waals surface area contributed by atoms with Gasteiger partial charge in [0.15, 0.2) is 5.76 Å². The van der Waals surface area contributed by atoms with Crippen LogP contribution >= 0.6 is 0 Å². The summed E-state index contributed by atoms with van der Waals surface area (Å²) >= 11 is 0. The highest BCUT2D eigenvalue weighted by Crippen LogP contribution is 2.31. The van der Waals surface area contributed by atoms with E-state index in [1.54, 1.807) is 6.92 Å². The molecule has 8 nitrogen and oxygen atoms in total. The van der Waals surface area contributed by atoms with Gasteiger partial charge >= 0.3 is 5.97 Å². The normalized spacial score (nSPS) is 18.4. The lowest BCUT2D eigenvalue weighted by Gasteiger charge is -2.28. The molecule has 0 bridgehead atoms. The van der Waals surface area contributed by atoms with E-state index in [0.717, 1.165) is 25.5 Å². The average molecular weight is 415 g/mol. The van der Waals surface area contributed by atoms with Crippen LogP contribution in [0, 0.1) is 12.8 Å². The van der Waals surface area contributed by atoms with Gasteiger partial charge in [-0.3, -0.25) is 15.0 Å². The van der Waals surface area contributed by atoms with Crippen LogP contribution < -0.4 is 10.1 Å². The molecule has 1 fully saturated rings. The summed E-state index contributed by atoms with van der Waals surface area (Å²) in [5.41, 5.74) is 1.57. The van der Waals surface area contributed by atoms with Crippen molar-refractivity contribution in [2.24, 2.45) is 5.92 Å². The Morgan fingerprint density at radius 1 is 1.23 bits per heavy atom. The largest absolute Gasteiger partial charge is 0.693 e. The van der Waals surface area contributed by atoms with E-state index in [2.05, 4.69) is 5.16 Å². The molecular formula is C22H29N3O5. The highest BCUT2D eigenvalue weighted by Gasteiger charge is 2.30. The van der Waals surface area contributed by atoms with Crippen LogP contribution in [0.5, 0.6) is 5.75 Å². The molecule has 1 aromatic heterocycles. The number of aryl methyl sites for hydroxylation is 1. The quantitative estimate of drug-likeness (QED) is 0.418. The van der Waals surface area contributed by atoms with Crippen molar-refractivity contribution in [1.29, 1.82) is 0 Å². The lowest BCUT2D eigenvalue weighted by atomic mass is 9.87. The number of nitrogens with two attached hydrogens (primary N) is 2. The molecule has 8 heteroatoms. The summed E-state index contributed by atoms with van der Waals surface area (Å²) in [6.45, 7) is 5.42. The van der Waals surface area contributed by atoms with Gasteiger partial charge in [-0.1, -0.05) is 5.16 Å². The molecule has 2 aromatic rings. The molecular weight excluding hydrogens is 386 g/mol. The molecule has 0 aliphatic heterocycles. The predicted molar refractivity (Wildman–Crippen MR) is 112 cm³/mol. The maximum atomic E-state index is 12.2.